The van der Waals surface area contributed by atoms with Crippen LogP contribution in [0.3, 0.4) is 0 Å². The second-order valence-electron chi connectivity index (χ2n) is 5.12. The average Bonchev–Trinajstić information content (AvgIpc) is 2.89. The number of halogens is 1. The van der Waals surface area contributed by atoms with E-state index >= 15 is 0 Å². The van der Waals surface area contributed by atoms with Gasteiger partial charge in [0.2, 0.25) is 0 Å². The summed E-state index contributed by atoms with van der Waals surface area (Å²) in [6.07, 6.45) is 4.52. The van der Waals surface area contributed by atoms with Crippen molar-refractivity contribution in [1.82, 2.24) is 4.98 Å². The lowest BCUT2D eigenvalue weighted by Gasteiger charge is -2.19. The third-order valence-electron chi connectivity index (χ3n) is 3.63. The van der Waals surface area contributed by atoms with Crippen LogP contribution in [0.25, 0.3) is 0 Å². The summed E-state index contributed by atoms with van der Waals surface area (Å²) in [5, 5.41) is 3.35. The van der Waals surface area contributed by atoms with Gasteiger partial charge in [0.15, 0.2) is 0 Å². The molecule has 0 saturated heterocycles. The highest BCUT2D eigenvalue weighted by Gasteiger charge is 2.16. The third-order valence-corrected chi connectivity index (χ3v) is 5.08. The maximum Gasteiger partial charge on any atom is 0.136 e. The second-order valence-corrected chi connectivity index (χ2v) is 7.36. The van der Waals surface area contributed by atoms with Gasteiger partial charge < -0.3 is 11.1 Å². The Bertz CT molecular complexity index is 682. The van der Waals surface area contributed by atoms with Crippen LogP contribution in [0.4, 0.5) is 5.82 Å². The molecule has 1 aliphatic rings. The molecule has 2 aromatic rings. The molecule has 3 rings (SSSR count). The molecule has 6 heteroatoms. The lowest BCUT2D eigenvalue weighted by molar-refractivity contribution is 0.668. The van der Waals surface area contributed by atoms with Crippen molar-refractivity contribution in [3.63, 3.8) is 0 Å². The van der Waals surface area contributed by atoms with Gasteiger partial charge in [0.1, 0.15) is 10.8 Å². The van der Waals surface area contributed by atoms with Gasteiger partial charge in [-0.3, -0.25) is 0 Å². The van der Waals surface area contributed by atoms with E-state index in [4.69, 9.17) is 34.5 Å². The standard InChI is InChI=1S/C15H16ClN3S2/c16-13-6-5-10(21-13)8-18-15-11(14(17)20)7-9-3-1-2-4-12(9)19-15/h5-7H,1-4,8H2,(H2,17,20)(H,18,19). The van der Waals surface area contributed by atoms with E-state index < -0.39 is 0 Å². The number of anilines is 1. The zero-order valence-corrected chi connectivity index (χ0v) is 13.9. The van der Waals surface area contributed by atoms with Gasteiger partial charge in [0.25, 0.3) is 0 Å². The Morgan fingerprint density at radius 3 is 2.90 bits per heavy atom. The molecule has 0 saturated carbocycles. The number of hydrogen-bond acceptors (Lipinski definition) is 4. The van der Waals surface area contributed by atoms with E-state index in [0.717, 1.165) is 33.4 Å². The number of rotatable bonds is 4. The molecule has 0 bridgehead atoms. The number of nitrogens with zero attached hydrogens (tertiary/aromatic N) is 1. The zero-order valence-electron chi connectivity index (χ0n) is 11.5. The van der Waals surface area contributed by atoms with Crippen LogP contribution in [0.1, 0.15) is 34.5 Å². The van der Waals surface area contributed by atoms with E-state index in [9.17, 15) is 0 Å². The van der Waals surface area contributed by atoms with Gasteiger partial charge in [-0.05, 0) is 49.4 Å². The molecule has 3 nitrogen and oxygen atoms in total. The Hall–Kier alpha value is -1.17. The molecule has 2 heterocycles. The summed E-state index contributed by atoms with van der Waals surface area (Å²) in [5.74, 6) is 0.785. The van der Waals surface area contributed by atoms with Crippen LogP contribution in [0, 0.1) is 0 Å². The summed E-state index contributed by atoms with van der Waals surface area (Å²) in [6, 6.07) is 6.02. The van der Waals surface area contributed by atoms with Crippen molar-refractivity contribution in [2.24, 2.45) is 5.73 Å². The van der Waals surface area contributed by atoms with Crippen LogP contribution in [0.2, 0.25) is 4.34 Å². The van der Waals surface area contributed by atoms with Gasteiger partial charge in [-0.25, -0.2) is 4.98 Å². The fourth-order valence-corrected chi connectivity index (χ4v) is 3.76. The summed E-state index contributed by atoms with van der Waals surface area (Å²) in [7, 11) is 0. The number of aryl methyl sites for hydroxylation is 2. The van der Waals surface area contributed by atoms with E-state index in [0.29, 0.717) is 11.5 Å². The van der Waals surface area contributed by atoms with Crippen LogP contribution in [0.15, 0.2) is 18.2 Å². The van der Waals surface area contributed by atoms with Crippen molar-refractivity contribution in [3.8, 4) is 0 Å². The van der Waals surface area contributed by atoms with Crippen molar-refractivity contribution in [3.05, 3.63) is 44.2 Å². The lowest BCUT2D eigenvalue weighted by Crippen LogP contribution is -2.17. The first-order chi connectivity index (χ1) is 10.1. The number of nitrogens with one attached hydrogen (secondary N) is 1. The molecule has 3 N–H and O–H groups in total. The topological polar surface area (TPSA) is 50.9 Å². The van der Waals surface area contributed by atoms with Crippen LogP contribution in [-0.2, 0) is 19.4 Å². The molecule has 0 aliphatic heterocycles. The number of thiophene rings is 1. The van der Waals surface area contributed by atoms with E-state index in [2.05, 4.69) is 11.4 Å². The molecular formula is C15H16ClN3S2. The number of hydrogen-bond donors (Lipinski definition) is 2. The van der Waals surface area contributed by atoms with Crippen molar-refractivity contribution < 1.29 is 0 Å². The Balaban J connectivity index is 1.87. The molecule has 0 aromatic carbocycles. The fraction of sp³-hybridized carbons (Fsp3) is 0.333. The van der Waals surface area contributed by atoms with Gasteiger partial charge in [-0.2, -0.15) is 0 Å². The van der Waals surface area contributed by atoms with E-state index in [1.807, 2.05) is 12.1 Å². The molecule has 0 amide bonds. The SMILES string of the molecule is NC(=S)c1cc2c(nc1NCc1ccc(Cl)s1)CCCC2. The van der Waals surface area contributed by atoms with Gasteiger partial charge in [0.05, 0.1) is 16.4 Å². The quantitative estimate of drug-likeness (QED) is 0.830. The highest BCUT2D eigenvalue weighted by molar-refractivity contribution is 7.80. The van der Waals surface area contributed by atoms with Crippen molar-refractivity contribution in [1.29, 1.82) is 0 Å². The molecule has 21 heavy (non-hydrogen) atoms. The van der Waals surface area contributed by atoms with Gasteiger partial charge in [-0.1, -0.05) is 23.8 Å². The number of nitrogens with two attached hydrogens (primary N) is 1. The molecule has 2 aromatic heterocycles. The Labute approximate surface area is 138 Å². The van der Waals surface area contributed by atoms with Crippen LogP contribution < -0.4 is 11.1 Å². The van der Waals surface area contributed by atoms with Crippen LogP contribution in [0.5, 0.6) is 0 Å². The number of thiocarbonyl (C=S) groups is 1. The molecule has 0 spiro atoms. The van der Waals surface area contributed by atoms with E-state index in [1.54, 1.807) is 11.3 Å². The average molecular weight is 338 g/mol. The number of pyridine rings is 1. The highest BCUT2D eigenvalue weighted by atomic mass is 35.5. The molecule has 1 aliphatic carbocycles. The van der Waals surface area contributed by atoms with Crippen LogP contribution in [-0.4, -0.2) is 9.97 Å². The molecule has 0 radical (unpaired) electrons. The number of fused-ring (bicyclic) bond motifs is 1. The monoisotopic (exact) mass is 337 g/mol. The normalized spacial score (nSPS) is 13.8. The molecular weight excluding hydrogens is 322 g/mol. The number of aromatic nitrogens is 1. The summed E-state index contributed by atoms with van der Waals surface area (Å²) in [5.41, 5.74) is 9.15. The Kier molecular flexibility index (Phi) is 4.42. The zero-order chi connectivity index (χ0) is 14.8. The lowest BCUT2D eigenvalue weighted by atomic mass is 9.94. The molecule has 0 fully saturated rings. The van der Waals surface area contributed by atoms with Crippen molar-refractivity contribution >= 4 is 46.0 Å². The third kappa shape index (κ3) is 3.36. The van der Waals surface area contributed by atoms with Gasteiger partial charge in [0, 0.05) is 10.6 Å². The minimum absolute atomic E-state index is 0.391. The predicted octanol–water partition coefficient (Wildman–Crippen LogP) is 3.92. The molecule has 0 atom stereocenters. The maximum atomic E-state index is 5.95. The van der Waals surface area contributed by atoms with Gasteiger partial charge in [-0.15, -0.1) is 11.3 Å². The Morgan fingerprint density at radius 1 is 1.38 bits per heavy atom. The summed E-state index contributed by atoms with van der Waals surface area (Å²) >= 11 is 12.7. The molecule has 110 valence electrons. The van der Waals surface area contributed by atoms with E-state index in [-0.39, 0.29) is 0 Å². The highest BCUT2D eigenvalue weighted by Crippen LogP contribution is 2.26. The maximum absolute atomic E-state index is 5.95. The fourth-order valence-electron chi connectivity index (χ4n) is 2.57. The largest absolute Gasteiger partial charge is 0.389 e. The first-order valence-corrected chi connectivity index (χ1v) is 8.54. The predicted molar refractivity (Wildman–Crippen MR) is 93.4 cm³/mol. The van der Waals surface area contributed by atoms with E-state index in [1.165, 1.54) is 24.1 Å². The van der Waals surface area contributed by atoms with Crippen molar-refractivity contribution in [2.75, 3.05) is 5.32 Å². The minimum atomic E-state index is 0.391. The smallest absolute Gasteiger partial charge is 0.136 e. The second kappa shape index (κ2) is 6.30. The Morgan fingerprint density at radius 2 is 2.19 bits per heavy atom. The summed E-state index contributed by atoms with van der Waals surface area (Å²) in [6.45, 7) is 0.679. The van der Waals surface area contributed by atoms with Crippen molar-refractivity contribution in [2.45, 2.75) is 32.2 Å². The first kappa shape index (κ1) is 14.8. The van der Waals surface area contributed by atoms with Gasteiger partial charge >= 0.3 is 0 Å². The van der Waals surface area contributed by atoms with Crippen LogP contribution >= 0.6 is 35.2 Å². The summed E-state index contributed by atoms with van der Waals surface area (Å²) < 4.78 is 0.791. The minimum Gasteiger partial charge on any atom is -0.389 e. The summed E-state index contributed by atoms with van der Waals surface area (Å²) in [4.78, 5) is 6.30. The molecule has 0 unspecified atom stereocenters. The first-order valence-electron chi connectivity index (χ1n) is 6.94.